The van der Waals surface area contributed by atoms with Gasteiger partial charge in [0.05, 0.1) is 0 Å². The fourth-order valence-corrected chi connectivity index (χ4v) is 5.70. The van der Waals surface area contributed by atoms with E-state index in [2.05, 4.69) is 36.5 Å². The van der Waals surface area contributed by atoms with Crippen molar-refractivity contribution < 1.29 is 0 Å². The average Bonchev–Trinajstić information content (AvgIpc) is 2.24. The molecule has 2 rings (SSSR count). The van der Waals surface area contributed by atoms with Crippen LogP contribution in [0.25, 0.3) is 0 Å². The molecule has 0 saturated carbocycles. The van der Waals surface area contributed by atoms with Crippen LogP contribution in [0.15, 0.2) is 43.6 Å². The Bertz CT molecular complexity index is 385. The third-order valence-electron chi connectivity index (χ3n) is 2.27. The van der Waals surface area contributed by atoms with Gasteiger partial charge in [0.25, 0.3) is 0 Å². The van der Waals surface area contributed by atoms with Crippen LogP contribution >= 0.6 is 24.4 Å². The normalized spacial score (nSPS) is 20.3. The SMILES string of the molecule is S=C1CC=CC=[C]1[Sn][C]1=CC=CCC1=S. The molecule has 0 aromatic rings. The second-order valence-corrected chi connectivity index (χ2v) is 8.17. The molecule has 0 nitrogen and oxygen atoms in total. The van der Waals surface area contributed by atoms with Crippen molar-refractivity contribution in [3.8, 4) is 0 Å². The topological polar surface area (TPSA) is 0 Å². The summed E-state index contributed by atoms with van der Waals surface area (Å²) in [6, 6.07) is 0. The van der Waals surface area contributed by atoms with E-state index in [0.717, 1.165) is 22.6 Å². The van der Waals surface area contributed by atoms with Crippen LogP contribution in [0.4, 0.5) is 0 Å². The van der Waals surface area contributed by atoms with E-state index in [0.29, 0.717) is 0 Å². The zero-order chi connectivity index (χ0) is 10.7. The molecule has 0 N–H and O–H groups in total. The van der Waals surface area contributed by atoms with Gasteiger partial charge < -0.3 is 0 Å². The molecule has 0 unspecified atom stereocenters. The molecular formula is C12H10S2Sn. The number of rotatable bonds is 2. The van der Waals surface area contributed by atoms with Gasteiger partial charge in [0.2, 0.25) is 0 Å². The van der Waals surface area contributed by atoms with Crippen molar-refractivity contribution in [3.05, 3.63) is 43.6 Å². The van der Waals surface area contributed by atoms with Gasteiger partial charge in [0.15, 0.2) is 0 Å². The molecule has 0 fully saturated rings. The first kappa shape index (κ1) is 11.4. The van der Waals surface area contributed by atoms with E-state index < -0.39 is 21.1 Å². The zero-order valence-electron chi connectivity index (χ0n) is 8.19. The second kappa shape index (κ2) is 5.32. The first-order valence-electron chi connectivity index (χ1n) is 4.84. The predicted molar refractivity (Wildman–Crippen MR) is 74.6 cm³/mol. The van der Waals surface area contributed by atoms with Crippen LogP contribution in [0.3, 0.4) is 0 Å². The standard InChI is InChI=1S/2C6H5S.Sn/c2*7-6-4-2-1-3-5-6;/h2*1-3H,4H2;. The van der Waals surface area contributed by atoms with Crippen molar-refractivity contribution in [1.82, 2.24) is 0 Å². The van der Waals surface area contributed by atoms with Gasteiger partial charge in [-0.3, -0.25) is 0 Å². The summed E-state index contributed by atoms with van der Waals surface area (Å²) in [5.41, 5.74) is 0. The summed E-state index contributed by atoms with van der Waals surface area (Å²) in [4.78, 5) is 2.25. The molecule has 0 spiro atoms. The van der Waals surface area contributed by atoms with E-state index in [1.54, 1.807) is 0 Å². The van der Waals surface area contributed by atoms with E-state index in [-0.39, 0.29) is 0 Å². The molecule has 0 aliphatic heterocycles. The summed E-state index contributed by atoms with van der Waals surface area (Å²) >= 11 is 10.0. The van der Waals surface area contributed by atoms with Crippen molar-refractivity contribution in [2.24, 2.45) is 0 Å². The Morgan fingerprint density at radius 2 is 1.33 bits per heavy atom. The van der Waals surface area contributed by atoms with Crippen molar-refractivity contribution in [2.45, 2.75) is 12.8 Å². The minimum atomic E-state index is -0.736. The summed E-state index contributed by atoms with van der Waals surface area (Å²) in [7, 11) is 0. The fraction of sp³-hybridized carbons (Fsp3) is 0.167. The summed E-state index contributed by atoms with van der Waals surface area (Å²) in [6.07, 6.45) is 14.7. The molecule has 0 saturated heterocycles. The number of thiocarbonyl (C=S) groups is 2. The average molecular weight is 337 g/mol. The predicted octanol–water partition coefficient (Wildman–Crippen LogP) is 3.12. The van der Waals surface area contributed by atoms with Gasteiger partial charge in [0, 0.05) is 0 Å². The molecule has 0 heterocycles. The van der Waals surface area contributed by atoms with Gasteiger partial charge in [-0.2, -0.15) is 0 Å². The van der Waals surface area contributed by atoms with Crippen molar-refractivity contribution in [3.63, 3.8) is 0 Å². The Balaban J connectivity index is 2.14. The van der Waals surface area contributed by atoms with Crippen LogP contribution in [-0.2, 0) is 0 Å². The third-order valence-corrected chi connectivity index (χ3v) is 8.29. The van der Waals surface area contributed by atoms with Gasteiger partial charge in [-0.05, 0) is 0 Å². The first-order valence-corrected chi connectivity index (χ1v) is 8.51. The Labute approximate surface area is 111 Å². The molecule has 3 heteroatoms. The van der Waals surface area contributed by atoms with Crippen molar-refractivity contribution in [2.75, 3.05) is 0 Å². The van der Waals surface area contributed by atoms with Gasteiger partial charge in [-0.15, -0.1) is 0 Å². The van der Waals surface area contributed by atoms with E-state index in [1.807, 2.05) is 0 Å². The quantitative estimate of drug-likeness (QED) is 0.561. The van der Waals surface area contributed by atoms with E-state index in [1.165, 1.54) is 7.18 Å². The van der Waals surface area contributed by atoms with E-state index >= 15 is 0 Å². The van der Waals surface area contributed by atoms with Crippen LogP contribution in [-0.4, -0.2) is 30.9 Å². The van der Waals surface area contributed by atoms with Crippen LogP contribution in [0, 0.1) is 0 Å². The van der Waals surface area contributed by atoms with Gasteiger partial charge in [-0.25, -0.2) is 0 Å². The number of allylic oxidation sites excluding steroid dienone is 8. The fourth-order valence-electron chi connectivity index (χ4n) is 1.45. The van der Waals surface area contributed by atoms with Crippen molar-refractivity contribution in [1.29, 1.82) is 0 Å². The minimum absolute atomic E-state index is 0.736. The zero-order valence-corrected chi connectivity index (χ0v) is 12.7. The maximum absolute atomic E-state index is 5.37. The monoisotopic (exact) mass is 338 g/mol. The Morgan fingerprint density at radius 1 is 0.867 bits per heavy atom. The van der Waals surface area contributed by atoms with Crippen LogP contribution in [0.5, 0.6) is 0 Å². The Morgan fingerprint density at radius 3 is 1.73 bits per heavy atom. The van der Waals surface area contributed by atoms with Crippen LogP contribution in [0.1, 0.15) is 12.8 Å². The molecule has 0 atom stereocenters. The van der Waals surface area contributed by atoms with Gasteiger partial charge >= 0.3 is 112 Å². The molecule has 0 amide bonds. The Hall–Kier alpha value is -0.0613. The Kier molecular flexibility index (Phi) is 4.05. The molecule has 2 aliphatic carbocycles. The summed E-state index contributed by atoms with van der Waals surface area (Å²) < 4.78 is 2.83. The molecular weight excluding hydrogens is 327 g/mol. The van der Waals surface area contributed by atoms with E-state index in [9.17, 15) is 0 Å². The third kappa shape index (κ3) is 2.95. The molecule has 2 radical (unpaired) electrons. The molecule has 74 valence electrons. The molecule has 0 bridgehead atoms. The molecule has 2 aliphatic rings. The van der Waals surface area contributed by atoms with Gasteiger partial charge in [-0.1, -0.05) is 0 Å². The summed E-state index contributed by atoms with van der Waals surface area (Å²) in [6.45, 7) is 0. The summed E-state index contributed by atoms with van der Waals surface area (Å²) in [5.74, 6) is 0. The van der Waals surface area contributed by atoms with Gasteiger partial charge in [0.1, 0.15) is 0 Å². The molecule has 0 aromatic heterocycles. The van der Waals surface area contributed by atoms with Crippen LogP contribution < -0.4 is 0 Å². The summed E-state index contributed by atoms with van der Waals surface area (Å²) in [5, 5.41) is 0. The second-order valence-electron chi connectivity index (χ2n) is 3.40. The molecule has 15 heavy (non-hydrogen) atoms. The first-order chi connectivity index (χ1) is 7.27. The molecule has 0 aromatic carbocycles. The number of hydrogen-bond acceptors (Lipinski definition) is 2. The van der Waals surface area contributed by atoms with E-state index in [4.69, 9.17) is 24.4 Å². The maximum atomic E-state index is 5.37. The number of hydrogen-bond donors (Lipinski definition) is 0. The van der Waals surface area contributed by atoms with Crippen LogP contribution in [0.2, 0.25) is 0 Å². The van der Waals surface area contributed by atoms with Crippen molar-refractivity contribution >= 4 is 55.3 Å².